The number of rotatable bonds is 6. The molecule has 34 heavy (non-hydrogen) atoms. The van der Waals surface area contributed by atoms with E-state index in [2.05, 4.69) is 25.5 Å². The van der Waals surface area contributed by atoms with Crippen LogP contribution in [0.3, 0.4) is 0 Å². The van der Waals surface area contributed by atoms with Gasteiger partial charge in [-0.25, -0.2) is 22.8 Å². The number of aldehydes is 1. The molecular weight excluding hydrogens is 453 g/mol. The number of benzene rings is 1. The van der Waals surface area contributed by atoms with Gasteiger partial charge in [0.15, 0.2) is 23.6 Å². The summed E-state index contributed by atoms with van der Waals surface area (Å²) < 4.78 is 53.5. The van der Waals surface area contributed by atoms with Crippen LogP contribution in [0, 0.1) is 17.5 Å². The zero-order valence-corrected chi connectivity index (χ0v) is 18.0. The van der Waals surface area contributed by atoms with Gasteiger partial charge in [-0.1, -0.05) is 0 Å². The maximum atomic E-state index is 15.3. The van der Waals surface area contributed by atoms with Crippen LogP contribution in [0.1, 0.15) is 15.9 Å². The van der Waals surface area contributed by atoms with Crippen molar-refractivity contribution >= 4 is 34.6 Å². The van der Waals surface area contributed by atoms with E-state index in [-0.39, 0.29) is 44.2 Å². The fraction of sp³-hybridized carbons (Fsp3) is 0.286. The lowest BCUT2D eigenvalue weighted by Gasteiger charge is -2.30. The van der Waals surface area contributed by atoms with Crippen LogP contribution in [0.4, 0.5) is 30.5 Å². The predicted molar refractivity (Wildman–Crippen MR) is 116 cm³/mol. The number of carbonyl (C=O) groups excluding carboxylic acids is 1. The van der Waals surface area contributed by atoms with Crippen LogP contribution in [-0.2, 0) is 18.3 Å². The van der Waals surface area contributed by atoms with Crippen molar-refractivity contribution in [1.82, 2.24) is 29.5 Å². The molecule has 1 saturated heterocycles. The largest absolute Gasteiger partial charge is 0.378 e. The smallest absolute Gasteiger partial charge is 0.229 e. The second-order valence-corrected chi connectivity index (χ2v) is 7.70. The van der Waals surface area contributed by atoms with Crippen molar-refractivity contribution in [2.75, 3.05) is 36.5 Å². The monoisotopic (exact) mass is 472 g/mol. The SMILES string of the molecule is Cn1cc(Nc2ncc3cnn(Cc4c(F)c(F)c(N5CCOCC5)c(C=O)c4F)c3n2)cn1. The van der Waals surface area contributed by atoms with Gasteiger partial charge >= 0.3 is 0 Å². The average molecular weight is 472 g/mol. The molecule has 1 aromatic carbocycles. The summed E-state index contributed by atoms with van der Waals surface area (Å²) in [6, 6.07) is 0. The first-order valence-electron chi connectivity index (χ1n) is 10.4. The number of hydrogen-bond donors (Lipinski definition) is 1. The molecule has 0 bridgehead atoms. The van der Waals surface area contributed by atoms with E-state index >= 15 is 13.2 Å². The third-order valence-electron chi connectivity index (χ3n) is 5.51. The van der Waals surface area contributed by atoms with Crippen molar-refractivity contribution in [2.24, 2.45) is 7.05 Å². The number of hydrogen-bond acceptors (Lipinski definition) is 8. The molecule has 1 aliphatic rings. The van der Waals surface area contributed by atoms with Crippen LogP contribution < -0.4 is 10.2 Å². The molecule has 3 aromatic heterocycles. The van der Waals surface area contributed by atoms with E-state index in [9.17, 15) is 4.79 Å². The highest BCUT2D eigenvalue weighted by Crippen LogP contribution is 2.32. The number of aromatic nitrogens is 6. The van der Waals surface area contributed by atoms with Crippen LogP contribution in [-0.4, -0.2) is 62.1 Å². The van der Waals surface area contributed by atoms with Crippen LogP contribution in [0.15, 0.2) is 24.8 Å². The quantitative estimate of drug-likeness (QED) is 0.337. The lowest BCUT2D eigenvalue weighted by molar-refractivity contribution is 0.111. The number of halogens is 3. The Bertz CT molecular complexity index is 1380. The third-order valence-corrected chi connectivity index (χ3v) is 5.51. The molecular formula is C21H19F3N8O2. The number of ether oxygens (including phenoxy) is 1. The van der Waals surface area contributed by atoms with Gasteiger partial charge in [0, 0.05) is 38.1 Å². The van der Waals surface area contributed by atoms with E-state index in [0.29, 0.717) is 11.1 Å². The third kappa shape index (κ3) is 3.83. The van der Waals surface area contributed by atoms with Crippen molar-refractivity contribution in [3.05, 3.63) is 53.4 Å². The molecule has 0 unspecified atom stereocenters. The molecule has 4 aromatic rings. The minimum Gasteiger partial charge on any atom is -0.378 e. The molecule has 5 rings (SSSR count). The number of aryl methyl sites for hydroxylation is 1. The molecule has 0 saturated carbocycles. The highest BCUT2D eigenvalue weighted by atomic mass is 19.2. The number of anilines is 3. The standard InChI is InChI=1S/C21H19F3N8O2/c1-30-9-13(8-26-30)28-21-25-6-12-7-27-32(20(12)29-21)10-14-16(22)15(11-33)19(18(24)17(14)23)31-2-4-34-5-3-31/h6-9,11H,2-5,10H2,1H3,(H,25,28,29). The van der Waals surface area contributed by atoms with E-state index in [1.807, 2.05) is 0 Å². The fourth-order valence-electron chi connectivity index (χ4n) is 3.87. The summed E-state index contributed by atoms with van der Waals surface area (Å²) >= 11 is 0. The molecule has 0 atom stereocenters. The second kappa shape index (κ2) is 8.74. The van der Waals surface area contributed by atoms with E-state index in [1.54, 1.807) is 24.1 Å². The van der Waals surface area contributed by atoms with Gasteiger partial charge in [-0.2, -0.15) is 15.2 Å². The second-order valence-electron chi connectivity index (χ2n) is 7.70. The van der Waals surface area contributed by atoms with Crippen molar-refractivity contribution in [3.63, 3.8) is 0 Å². The Kier molecular flexibility index (Phi) is 5.61. The van der Waals surface area contributed by atoms with Gasteiger partial charge in [0.1, 0.15) is 5.82 Å². The first-order valence-corrected chi connectivity index (χ1v) is 10.4. The number of morpholine rings is 1. The lowest BCUT2D eigenvalue weighted by atomic mass is 10.0. The molecule has 4 heterocycles. The van der Waals surface area contributed by atoms with Gasteiger partial charge < -0.3 is 15.0 Å². The van der Waals surface area contributed by atoms with Crippen LogP contribution in [0.2, 0.25) is 0 Å². The van der Waals surface area contributed by atoms with Gasteiger partial charge in [-0.15, -0.1) is 0 Å². The van der Waals surface area contributed by atoms with E-state index in [1.165, 1.54) is 22.0 Å². The summed E-state index contributed by atoms with van der Waals surface area (Å²) in [4.78, 5) is 21.7. The highest BCUT2D eigenvalue weighted by Gasteiger charge is 2.29. The fourth-order valence-corrected chi connectivity index (χ4v) is 3.87. The average Bonchev–Trinajstić information content (AvgIpc) is 3.44. The minimum absolute atomic E-state index is 0.200. The van der Waals surface area contributed by atoms with E-state index in [0.717, 1.165) is 0 Å². The Balaban J connectivity index is 1.52. The molecule has 10 nitrogen and oxygen atoms in total. The van der Waals surface area contributed by atoms with Crippen LogP contribution in [0.5, 0.6) is 0 Å². The van der Waals surface area contributed by atoms with Crippen molar-refractivity contribution in [1.29, 1.82) is 0 Å². The van der Waals surface area contributed by atoms with Crippen LogP contribution in [0.25, 0.3) is 11.0 Å². The summed E-state index contributed by atoms with van der Waals surface area (Å²) in [5.41, 5.74) is -0.651. The van der Waals surface area contributed by atoms with E-state index in [4.69, 9.17) is 4.74 Å². The first-order chi connectivity index (χ1) is 16.5. The van der Waals surface area contributed by atoms with Gasteiger partial charge in [0.2, 0.25) is 5.95 Å². The molecule has 0 amide bonds. The summed E-state index contributed by atoms with van der Waals surface area (Å²) in [6.45, 7) is 0.465. The summed E-state index contributed by atoms with van der Waals surface area (Å²) in [7, 11) is 1.75. The molecule has 0 aliphatic carbocycles. The molecule has 1 aliphatic heterocycles. The number of fused-ring (bicyclic) bond motifs is 1. The molecule has 13 heteroatoms. The number of carbonyl (C=O) groups is 1. The topological polar surface area (TPSA) is 103 Å². The van der Waals surface area contributed by atoms with E-state index < -0.39 is 40.8 Å². The normalized spacial score (nSPS) is 14.1. The molecule has 1 fully saturated rings. The van der Waals surface area contributed by atoms with Gasteiger partial charge in [0.05, 0.1) is 54.5 Å². The Hall–Kier alpha value is -4.00. The Labute approximate surface area is 191 Å². The van der Waals surface area contributed by atoms with Crippen molar-refractivity contribution in [2.45, 2.75) is 6.54 Å². The van der Waals surface area contributed by atoms with Gasteiger partial charge in [-0.05, 0) is 0 Å². The summed E-state index contributed by atoms with van der Waals surface area (Å²) in [5.74, 6) is -3.59. The highest BCUT2D eigenvalue weighted by molar-refractivity contribution is 5.86. The zero-order valence-electron chi connectivity index (χ0n) is 18.0. The Morgan fingerprint density at radius 1 is 1.09 bits per heavy atom. The number of nitrogens with zero attached hydrogens (tertiary/aromatic N) is 7. The summed E-state index contributed by atoms with van der Waals surface area (Å²) in [6.07, 6.45) is 6.42. The van der Waals surface area contributed by atoms with Crippen LogP contribution >= 0.6 is 0 Å². The van der Waals surface area contributed by atoms with Crippen molar-refractivity contribution in [3.8, 4) is 0 Å². The van der Waals surface area contributed by atoms with Crippen molar-refractivity contribution < 1.29 is 22.7 Å². The lowest BCUT2D eigenvalue weighted by Crippen LogP contribution is -2.38. The first kappa shape index (κ1) is 21.8. The molecule has 0 radical (unpaired) electrons. The summed E-state index contributed by atoms with van der Waals surface area (Å²) in [5, 5.41) is 11.7. The Morgan fingerprint density at radius 2 is 1.88 bits per heavy atom. The predicted octanol–water partition coefficient (Wildman–Crippen LogP) is 2.42. The van der Waals surface area contributed by atoms with Gasteiger partial charge in [-0.3, -0.25) is 9.48 Å². The molecule has 0 spiro atoms. The maximum Gasteiger partial charge on any atom is 0.229 e. The molecule has 1 N–H and O–H groups in total. The molecule has 176 valence electrons. The minimum atomic E-state index is -1.38. The number of nitrogens with one attached hydrogen (secondary N) is 1. The Morgan fingerprint density at radius 3 is 2.59 bits per heavy atom. The zero-order chi connectivity index (χ0) is 23.8. The maximum absolute atomic E-state index is 15.3. The van der Waals surface area contributed by atoms with Gasteiger partial charge in [0.25, 0.3) is 0 Å².